The molecule has 2 aromatic rings. The van der Waals surface area contributed by atoms with E-state index < -0.39 is 6.10 Å². The van der Waals surface area contributed by atoms with Crippen molar-refractivity contribution in [2.75, 3.05) is 6.54 Å². The number of nitrogens with one attached hydrogen (secondary N) is 2. The molecule has 0 aliphatic rings. The number of aliphatic hydroxyl groups excluding tert-OH is 1. The second kappa shape index (κ2) is 7.92. The van der Waals surface area contributed by atoms with Gasteiger partial charge in [-0.3, -0.25) is 9.59 Å². The summed E-state index contributed by atoms with van der Waals surface area (Å²) in [5.74, 6) is -0.345. The second-order valence-corrected chi connectivity index (χ2v) is 6.06. The lowest BCUT2D eigenvalue weighted by Crippen LogP contribution is -2.30. The molecule has 0 aliphatic carbocycles. The largest absolute Gasteiger partial charge is 0.391 e. The number of amides is 1. The Hall–Kier alpha value is -2.41. The van der Waals surface area contributed by atoms with E-state index in [1.807, 2.05) is 20.8 Å². The van der Waals surface area contributed by atoms with Gasteiger partial charge in [0.15, 0.2) is 0 Å². The summed E-state index contributed by atoms with van der Waals surface area (Å²) in [6.45, 7) is 6.13. The average Bonchev–Trinajstić information content (AvgIpc) is 2.93. The Morgan fingerprint density at radius 3 is 2.92 bits per heavy atom. The molecule has 0 bridgehead atoms. The minimum Gasteiger partial charge on any atom is -0.391 e. The Balaban J connectivity index is 2.11. The number of carbonyl (C=O) groups is 1. The summed E-state index contributed by atoms with van der Waals surface area (Å²) in [5, 5.41) is 17.3. The number of aromatic nitrogens is 3. The van der Waals surface area contributed by atoms with Crippen molar-refractivity contribution in [3.05, 3.63) is 34.3 Å². The predicted octanol–water partition coefficient (Wildman–Crippen LogP) is 1.60. The zero-order valence-corrected chi connectivity index (χ0v) is 14.2. The van der Waals surface area contributed by atoms with E-state index in [0.29, 0.717) is 17.6 Å². The Bertz CT molecular complexity index is 789. The van der Waals surface area contributed by atoms with Gasteiger partial charge in [-0.1, -0.05) is 13.3 Å². The van der Waals surface area contributed by atoms with Crippen LogP contribution in [0, 0.1) is 0 Å². The highest BCUT2D eigenvalue weighted by molar-refractivity contribution is 5.92. The molecule has 1 unspecified atom stereocenters. The summed E-state index contributed by atoms with van der Waals surface area (Å²) in [7, 11) is 0. The molecule has 3 N–H and O–H groups in total. The first kappa shape index (κ1) is 17.9. The molecule has 7 heteroatoms. The Kier molecular flexibility index (Phi) is 5.92. The number of H-pyrrole nitrogens is 1. The molecule has 1 amide bonds. The average molecular weight is 332 g/mol. The van der Waals surface area contributed by atoms with E-state index in [9.17, 15) is 14.7 Å². The lowest BCUT2D eigenvalue weighted by molar-refractivity contribution is -0.116. The van der Waals surface area contributed by atoms with E-state index >= 15 is 0 Å². The summed E-state index contributed by atoms with van der Waals surface area (Å²) in [6, 6.07) is 1.84. The van der Waals surface area contributed by atoms with E-state index in [-0.39, 0.29) is 24.1 Å². The van der Waals surface area contributed by atoms with Gasteiger partial charge in [-0.05, 0) is 32.4 Å². The number of hydrogen-bond donors (Lipinski definition) is 3. The number of hydrogen-bond acceptors (Lipinski definition) is 4. The van der Waals surface area contributed by atoms with Gasteiger partial charge in [0.1, 0.15) is 5.65 Å². The van der Waals surface area contributed by atoms with Crippen LogP contribution in [0.2, 0.25) is 0 Å². The molecule has 24 heavy (non-hydrogen) atoms. The van der Waals surface area contributed by atoms with Crippen LogP contribution in [0.25, 0.3) is 17.1 Å². The fourth-order valence-corrected chi connectivity index (χ4v) is 2.42. The SMILES string of the molecule is CCCC(O)CNC(=O)/C=C/c1cc2cnn(C(C)C)c2[nH]c1=O. The maximum Gasteiger partial charge on any atom is 0.256 e. The zero-order valence-electron chi connectivity index (χ0n) is 14.2. The number of nitrogens with zero attached hydrogens (tertiary/aromatic N) is 2. The lowest BCUT2D eigenvalue weighted by atomic mass is 10.2. The van der Waals surface area contributed by atoms with Crippen molar-refractivity contribution in [2.45, 2.75) is 45.8 Å². The minimum absolute atomic E-state index is 0.139. The van der Waals surface area contributed by atoms with Crippen LogP contribution in [0.15, 0.2) is 23.1 Å². The van der Waals surface area contributed by atoms with Gasteiger partial charge in [0.2, 0.25) is 5.91 Å². The number of carbonyl (C=O) groups excluding carboxylic acids is 1. The maximum atomic E-state index is 12.2. The monoisotopic (exact) mass is 332 g/mol. The normalized spacial score (nSPS) is 13.0. The third kappa shape index (κ3) is 4.32. The van der Waals surface area contributed by atoms with Gasteiger partial charge >= 0.3 is 0 Å². The molecule has 2 heterocycles. The second-order valence-electron chi connectivity index (χ2n) is 6.06. The Morgan fingerprint density at radius 1 is 1.50 bits per heavy atom. The zero-order chi connectivity index (χ0) is 17.7. The smallest absolute Gasteiger partial charge is 0.256 e. The summed E-state index contributed by atoms with van der Waals surface area (Å²) in [5.41, 5.74) is 0.773. The minimum atomic E-state index is -0.547. The van der Waals surface area contributed by atoms with Crippen molar-refractivity contribution in [1.29, 1.82) is 0 Å². The van der Waals surface area contributed by atoms with Crippen molar-refractivity contribution in [3.63, 3.8) is 0 Å². The highest BCUT2D eigenvalue weighted by Crippen LogP contribution is 2.15. The number of aromatic amines is 1. The molecule has 130 valence electrons. The molecular weight excluding hydrogens is 308 g/mol. The van der Waals surface area contributed by atoms with Crippen molar-refractivity contribution in [3.8, 4) is 0 Å². The van der Waals surface area contributed by atoms with Crippen molar-refractivity contribution in [1.82, 2.24) is 20.1 Å². The van der Waals surface area contributed by atoms with Crippen molar-refractivity contribution in [2.24, 2.45) is 0 Å². The quantitative estimate of drug-likeness (QED) is 0.670. The highest BCUT2D eigenvalue weighted by atomic mass is 16.3. The summed E-state index contributed by atoms with van der Waals surface area (Å²) in [6.07, 6.45) is 5.39. The van der Waals surface area contributed by atoms with Gasteiger partial charge in [-0.2, -0.15) is 5.10 Å². The fourth-order valence-electron chi connectivity index (χ4n) is 2.42. The fraction of sp³-hybridized carbons (Fsp3) is 0.471. The third-order valence-corrected chi connectivity index (χ3v) is 3.67. The van der Waals surface area contributed by atoms with Crippen LogP contribution < -0.4 is 10.9 Å². The molecule has 0 spiro atoms. The van der Waals surface area contributed by atoms with E-state index in [2.05, 4.69) is 15.4 Å². The first-order chi connectivity index (χ1) is 11.4. The highest BCUT2D eigenvalue weighted by Gasteiger charge is 2.09. The van der Waals surface area contributed by atoms with Crippen LogP contribution in [0.3, 0.4) is 0 Å². The number of pyridine rings is 1. The van der Waals surface area contributed by atoms with Gasteiger partial charge in [0, 0.05) is 29.6 Å². The summed E-state index contributed by atoms with van der Waals surface area (Å²) in [4.78, 5) is 26.7. The number of rotatable bonds is 7. The van der Waals surface area contributed by atoms with Crippen LogP contribution in [0.4, 0.5) is 0 Å². The third-order valence-electron chi connectivity index (χ3n) is 3.67. The number of fused-ring (bicyclic) bond motifs is 1. The first-order valence-electron chi connectivity index (χ1n) is 8.17. The van der Waals surface area contributed by atoms with Gasteiger partial charge in [0.05, 0.1) is 12.3 Å². The van der Waals surface area contributed by atoms with Crippen LogP contribution in [0.1, 0.15) is 45.2 Å². The van der Waals surface area contributed by atoms with Gasteiger partial charge < -0.3 is 15.4 Å². The molecule has 0 saturated carbocycles. The molecule has 7 nitrogen and oxygen atoms in total. The van der Waals surface area contributed by atoms with Gasteiger partial charge in [-0.15, -0.1) is 0 Å². The molecule has 0 aliphatic heterocycles. The van der Waals surface area contributed by atoms with Gasteiger partial charge in [0.25, 0.3) is 5.56 Å². The van der Waals surface area contributed by atoms with Crippen LogP contribution >= 0.6 is 0 Å². The van der Waals surface area contributed by atoms with E-state index in [1.165, 1.54) is 12.2 Å². The van der Waals surface area contributed by atoms with Gasteiger partial charge in [-0.25, -0.2) is 4.68 Å². The molecule has 0 saturated heterocycles. The first-order valence-corrected chi connectivity index (χ1v) is 8.17. The Morgan fingerprint density at radius 2 is 2.25 bits per heavy atom. The topological polar surface area (TPSA) is 100 Å². The van der Waals surface area contributed by atoms with E-state index in [4.69, 9.17) is 0 Å². The summed E-state index contributed by atoms with van der Waals surface area (Å²) >= 11 is 0. The Labute approximate surface area is 140 Å². The molecule has 2 aromatic heterocycles. The number of aliphatic hydroxyl groups is 1. The molecule has 1 atom stereocenters. The molecule has 0 radical (unpaired) electrons. The van der Waals surface area contributed by atoms with Crippen molar-refractivity contribution < 1.29 is 9.90 Å². The summed E-state index contributed by atoms with van der Waals surface area (Å²) < 4.78 is 1.74. The molecule has 2 rings (SSSR count). The van der Waals surface area contributed by atoms with E-state index in [0.717, 1.165) is 11.8 Å². The van der Waals surface area contributed by atoms with Crippen LogP contribution in [-0.4, -0.2) is 38.4 Å². The molecule has 0 fully saturated rings. The van der Waals surface area contributed by atoms with Crippen LogP contribution in [-0.2, 0) is 4.79 Å². The lowest BCUT2D eigenvalue weighted by Gasteiger charge is -2.08. The predicted molar refractivity (Wildman–Crippen MR) is 93.7 cm³/mol. The standard InChI is InChI=1S/C17H24N4O3/c1-4-5-14(22)10-18-15(23)7-6-12-8-13-9-19-21(11(2)3)16(13)20-17(12)24/h6-9,11,14,22H,4-5,10H2,1-3H3,(H,18,23)(H,20,24)/b7-6+. The molecule has 0 aromatic carbocycles. The van der Waals surface area contributed by atoms with Crippen molar-refractivity contribution >= 4 is 23.0 Å². The van der Waals surface area contributed by atoms with Crippen LogP contribution in [0.5, 0.6) is 0 Å². The molecular formula is C17H24N4O3. The van der Waals surface area contributed by atoms with E-state index in [1.54, 1.807) is 16.9 Å². The maximum absolute atomic E-state index is 12.2.